The number of anilines is 1. The van der Waals surface area contributed by atoms with Gasteiger partial charge >= 0.3 is 0 Å². The first kappa shape index (κ1) is 16.3. The van der Waals surface area contributed by atoms with Crippen molar-refractivity contribution in [1.82, 2.24) is 19.5 Å². The molecule has 2 aromatic heterocycles. The molecule has 2 aliphatic rings. The monoisotopic (exact) mass is 367 g/mol. The summed E-state index contributed by atoms with van der Waals surface area (Å²) in [5.74, 6) is 0.0532. The number of hydrogen-bond donors (Lipinski definition) is 2. The molecule has 2 aliphatic heterocycles. The minimum absolute atomic E-state index is 0.0972. The van der Waals surface area contributed by atoms with E-state index < -0.39 is 11.8 Å². The number of carbonyl (C=O) groups excluding carboxylic acids is 1. The normalized spacial score (nSPS) is 26.6. The lowest BCUT2D eigenvalue weighted by Gasteiger charge is -2.29. The number of aliphatic hydroxyl groups excluding tert-OH is 1. The summed E-state index contributed by atoms with van der Waals surface area (Å²) >= 11 is 0. The van der Waals surface area contributed by atoms with Crippen molar-refractivity contribution in [3.63, 3.8) is 0 Å². The Balaban J connectivity index is 1.46. The van der Waals surface area contributed by atoms with Crippen molar-refractivity contribution >= 4 is 22.9 Å². The Labute approximate surface area is 154 Å². The van der Waals surface area contributed by atoms with Gasteiger partial charge in [0.25, 0.3) is 5.91 Å². The minimum Gasteiger partial charge on any atom is -0.393 e. The van der Waals surface area contributed by atoms with Gasteiger partial charge < -0.3 is 19.9 Å². The van der Waals surface area contributed by atoms with Crippen molar-refractivity contribution < 1.29 is 19.4 Å². The van der Waals surface area contributed by atoms with E-state index in [0.29, 0.717) is 35.6 Å². The molecule has 3 aromatic rings. The summed E-state index contributed by atoms with van der Waals surface area (Å²) in [6, 6.07) is 8.88. The molecule has 2 saturated heterocycles. The third-order valence-electron chi connectivity index (χ3n) is 5.01. The van der Waals surface area contributed by atoms with Crippen LogP contribution in [0.25, 0.3) is 11.2 Å². The predicted octanol–water partition coefficient (Wildman–Crippen LogP) is 1.13. The number of benzene rings is 1. The van der Waals surface area contributed by atoms with Gasteiger partial charge in [-0.2, -0.15) is 0 Å². The molecule has 0 unspecified atom stereocenters. The second-order valence-corrected chi connectivity index (χ2v) is 6.77. The molecule has 0 spiro atoms. The Morgan fingerprint density at radius 2 is 2.15 bits per heavy atom. The van der Waals surface area contributed by atoms with Crippen molar-refractivity contribution in [3.05, 3.63) is 48.5 Å². The summed E-state index contributed by atoms with van der Waals surface area (Å²) in [4.78, 5) is 25.3. The zero-order valence-electron chi connectivity index (χ0n) is 14.3. The van der Waals surface area contributed by atoms with Crippen LogP contribution < -0.4 is 5.32 Å². The standard InChI is InChI=1S/C18H17N5O4/c24-7-18-6-12(26-8-18)17(27-18)23-10-21-13-14(19-9-20-15(13)23)22-16(25)11-4-2-1-3-5-11/h1-5,9-10,12,17,24H,6-8H2,(H,19,20,22,25)/t12-,17-,18+/m1/s1. The molecule has 138 valence electrons. The average Bonchev–Trinajstić information content (AvgIpc) is 3.42. The number of hydrogen-bond acceptors (Lipinski definition) is 7. The van der Waals surface area contributed by atoms with E-state index in [-0.39, 0.29) is 18.6 Å². The highest BCUT2D eigenvalue weighted by Crippen LogP contribution is 2.45. The molecule has 5 rings (SSSR count). The van der Waals surface area contributed by atoms with Gasteiger partial charge in [-0.3, -0.25) is 9.36 Å². The van der Waals surface area contributed by atoms with Gasteiger partial charge in [-0.05, 0) is 12.1 Å². The van der Waals surface area contributed by atoms with Crippen molar-refractivity contribution in [3.8, 4) is 0 Å². The van der Waals surface area contributed by atoms with Crippen LogP contribution >= 0.6 is 0 Å². The Morgan fingerprint density at radius 1 is 1.30 bits per heavy atom. The Bertz CT molecular complexity index is 1010. The molecule has 0 saturated carbocycles. The van der Waals surface area contributed by atoms with E-state index in [2.05, 4.69) is 20.3 Å². The molecule has 0 aliphatic carbocycles. The molecule has 0 radical (unpaired) electrons. The number of aliphatic hydroxyl groups is 1. The maximum absolute atomic E-state index is 12.4. The molecule has 2 N–H and O–H groups in total. The van der Waals surface area contributed by atoms with Crippen LogP contribution in [0.5, 0.6) is 0 Å². The lowest BCUT2D eigenvalue weighted by Crippen LogP contribution is -2.38. The van der Waals surface area contributed by atoms with E-state index in [4.69, 9.17) is 9.47 Å². The van der Waals surface area contributed by atoms with Crippen LogP contribution in [0.3, 0.4) is 0 Å². The third kappa shape index (κ3) is 2.59. The molecule has 1 amide bonds. The lowest BCUT2D eigenvalue weighted by atomic mass is 10.0. The highest BCUT2D eigenvalue weighted by molar-refractivity contribution is 6.06. The number of rotatable bonds is 4. The number of nitrogens with one attached hydrogen (secondary N) is 1. The first-order chi connectivity index (χ1) is 13.2. The zero-order valence-corrected chi connectivity index (χ0v) is 14.3. The molecule has 27 heavy (non-hydrogen) atoms. The molecule has 9 nitrogen and oxygen atoms in total. The van der Waals surface area contributed by atoms with Gasteiger partial charge in [0, 0.05) is 12.0 Å². The molecule has 9 heteroatoms. The van der Waals surface area contributed by atoms with Gasteiger partial charge in [0.1, 0.15) is 18.0 Å². The number of amides is 1. The maximum atomic E-state index is 12.4. The Kier molecular flexibility index (Phi) is 3.67. The zero-order chi connectivity index (χ0) is 18.4. The van der Waals surface area contributed by atoms with Gasteiger partial charge in [-0.15, -0.1) is 0 Å². The van der Waals surface area contributed by atoms with E-state index in [1.165, 1.54) is 6.33 Å². The van der Waals surface area contributed by atoms with Gasteiger partial charge in [-0.1, -0.05) is 18.2 Å². The van der Waals surface area contributed by atoms with Crippen molar-refractivity contribution in [2.24, 2.45) is 0 Å². The van der Waals surface area contributed by atoms with Crippen LogP contribution in [0.1, 0.15) is 23.0 Å². The third-order valence-corrected chi connectivity index (χ3v) is 5.01. The molecule has 3 atom stereocenters. The first-order valence-electron chi connectivity index (χ1n) is 8.63. The summed E-state index contributed by atoms with van der Waals surface area (Å²) in [6.45, 7) is 0.282. The van der Waals surface area contributed by atoms with E-state index in [1.807, 2.05) is 6.07 Å². The van der Waals surface area contributed by atoms with Crippen molar-refractivity contribution in [2.45, 2.75) is 24.4 Å². The van der Waals surface area contributed by atoms with Crippen LogP contribution in [0, 0.1) is 0 Å². The summed E-state index contributed by atoms with van der Waals surface area (Å²) < 4.78 is 13.5. The van der Waals surface area contributed by atoms with Crippen LogP contribution in [0.4, 0.5) is 5.82 Å². The SMILES string of the molecule is O=C(Nc1ncnc2c1ncn2[C@@H]1O[C@@]2(CO)CO[C@@H]1C2)c1ccccc1. The number of ether oxygens (including phenoxy) is 2. The largest absolute Gasteiger partial charge is 0.393 e. The number of fused-ring (bicyclic) bond motifs is 3. The number of imidazole rings is 1. The van der Waals surface area contributed by atoms with Gasteiger partial charge in [0.15, 0.2) is 23.2 Å². The van der Waals surface area contributed by atoms with Gasteiger partial charge in [-0.25, -0.2) is 15.0 Å². The molecular weight excluding hydrogens is 350 g/mol. The summed E-state index contributed by atoms with van der Waals surface area (Å²) in [5, 5.41) is 12.4. The van der Waals surface area contributed by atoms with E-state index in [0.717, 1.165) is 0 Å². The highest BCUT2D eigenvalue weighted by atomic mass is 16.6. The summed E-state index contributed by atoms with van der Waals surface area (Å²) in [5.41, 5.74) is 0.857. The predicted molar refractivity (Wildman–Crippen MR) is 94.0 cm³/mol. The lowest BCUT2D eigenvalue weighted by molar-refractivity contribution is -0.182. The smallest absolute Gasteiger partial charge is 0.256 e. The second-order valence-electron chi connectivity index (χ2n) is 6.77. The summed E-state index contributed by atoms with van der Waals surface area (Å²) in [7, 11) is 0. The Hall–Kier alpha value is -2.88. The number of aromatic nitrogens is 4. The van der Waals surface area contributed by atoms with E-state index >= 15 is 0 Å². The van der Waals surface area contributed by atoms with Crippen molar-refractivity contribution in [1.29, 1.82) is 0 Å². The van der Waals surface area contributed by atoms with Crippen molar-refractivity contribution in [2.75, 3.05) is 18.5 Å². The maximum Gasteiger partial charge on any atom is 0.256 e. The topological polar surface area (TPSA) is 111 Å². The quantitative estimate of drug-likeness (QED) is 0.711. The van der Waals surface area contributed by atoms with Gasteiger partial charge in [0.2, 0.25) is 0 Å². The average molecular weight is 367 g/mol. The Morgan fingerprint density at radius 3 is 2.93 bits per heavy atom. The van der Waals surface area contributed by atoms with E-state index in [1.54, 1.807) is 35.2 Å². The van der Waals surface area contributed by atoms with Crippen LogP contribution in [0.2, 0.25) is 0 Å². The molecule has 2 fully saturated rings. The number of nitrogens with zero attached hydrogens (tertiary/aromatic N) is 4. The minimum atomic E-state index is -0.663. The second kappa shape index (κ2) is 6.08. The first-order valence-corrected chi connectivity index (χ1v) is 8.63. The molecular formula is C18H17N5O4. The molecule has 1 aromatic carbocycles. The fraction of sp³-hybridized carbons (Fsp3) is 0.333. The van der Waals surface area contributed by atoms with Crippen LogP contribution in [0.15, 0.2) is 43.0 Å². The van der Waals surface area contributed by atoms with Gasteiger partial charge in [0.05, 0.1) is 19.5 Å². The van der Waals surface area contributed by atoms with Crippen LogP contribution in [-0.4, -0.2) is 55.5 Å². The fourth-order valence-corrected chi connectivity index (χ4v) is 3.62. The van der Waals surface area contributed by atoms with Crippen LogP contribution in [-0.2, 0) is 9.47 Å². The highest BCUT2D eigenvalue weighted by Gasteiger charge is 2.54. The molecule has 2 bridgehead atoms. The summed E-state index contributed by atoms with van der Waals surface area (Å²) in [6.07, 6.45) is 2.99. The number of carbonyl (C=O) groups is 1. The molecule has 4 heterocycles. The fourth-order valence-electron chi connectivity index (χ4n) is 3.62. The van der Waals surface area contributed by atoms with E-state index in [9.17, 15) is 9.90 Å².